The molecule has 0 bridgehead atoms. The fourth-order valence-electron chi connectivity index (χ4n) is 2.78. The maximum absolute atomic E-state index is 12.3. The van der Waals surface area contributed by atoms with E-state index in [1.165, 1.54) is 0 Å². The Bertz CT molecular complexity index is 644. The van der Waals surface area contributed by atoms with Gasteiger partial charge >= 0.3 is 0 Å². The van der Waals surface area contributed by atoms with Crippen LogP contribution in [0.25, 0.3) is 0 Å². The topological polar surface area (TPSA) is 72.2 Å². The van der Waals surface area contributed by atoms with Gasteiger partial charge in [0.2, 0.25) is 0 Å². The number of carbonyl (C=O) groups excluding carboxylic acids is 2. The molecule has 1 atom stereocenters. The fraction of sp³-hybridized carbons (Fsp3) is 0.533. The highest BCUT2D eigenvalue weighted by Gasteiger charge is 2.35. The first-order chi connectivity index (χ1) is 9.73. The normalized spacial score (nSPS) is 19.5. The van der Waals surface area contributed by atoms with Gasteiger partial charge in [0.05, 0.1) is 11.3 Å². The van der Waals surface area contributed by atoms with Crippen LogP contribution in [0.2, 0.25) is 5.15 Å². The van der Waals surface area contributed by atoms with E-state index in [9.17, 15) is 14.7 Å². The maximum Gasteiger partial charge on any atom is 0.172 e. The number of allylic oxidation sites excluding steroid dienone is 2. The smallest absolute Gasteiger partial charge is 0.172 e. The minimum atomic E-state index is -0.318. The summed E-state index contributed by atoms with van der Waals surface area (Å²) >= 11 is 6.22. The highest BCUT2D eigenvalue weighted by molar-refractivity contribution is 6.30. The molecule has 0 saturated carbocycles. The molecule has 6 heteroatoms. The summed E-state index contributed by atoms with van der Waals surface area (Å²) in [5, 5.41) is 14.8. The van der Waals surface area contributed by atoms with Crippen LogP contribution in [0, 0.1) is 12.8 Å². The van der Waals surface area contributed by atoms with E-state index in [1.807, 2.05) is 6.92 Å². The maximum atomic E-state index is 12.3. The van der Waals surface area contributed by atoms with Crippen LogP contribution < -0.4 is 0 Å². The minimum Gasteiger partial charge on any atom is -0.511 e. The van der Waals surface area contributed by atoms with Gasteiger partial charge < -0.3 is 5.11 Å². The molecule has 1 aliphatic rings. The molecule has 21 heavy (non-hydrogen) atoms. The second kappa shape index (κ2) is 5.64. The molecule has 0 aliphatic heterocycles. The van der Waals surface area contributed by atoms with Crippen molar-refractivity contribution in [3.63, 3.8) is 0 Å². The molecule has 1 unspecified atom stereocenters. The van der Waals surface area contributed by atoms with E-state index in [0.717, 1.165) is 11.3 Å². The summed E-state index contributed by atoms with van der Waals surface area (Å²) < 4.78 is 1.55. The number of aliphatic hydroxyl groups is 1. The lowest BCUT2D eigenvalue weighted by molar-refractivity contribution is -0.124. The van der Waals surface area contributed by atoms with Crippen LogP contribution in [0.1, 0.15) is 43.9 Å². The van der Waals surface area contributed by atoms with Crippen molar-refractivity contribution in [3.8, 4) is 0 Å². The van der Waals surface area contributed by atoms with E-state index < -0.39 is 0 Å². The third-order valence-electron chi connectivity index (χ3n) is 3.81. The SMILES string of the molecule is Cc1nn(C)c(Cl)c1C1CC(=O)C(C(=O)C(C)C)=C(O)C1. The van der Waals surface area contributed by atoms with Crippen molar-refractivity contribution in [2.45, 2.75) is 39.5 Å². The number of Topliss-reactive ketones (excluding diaryl/α,β-unsaturated/α-hetero) is 2. The summed E-state index contributed by atoms with van der Waals surface area (Å²) in [4.78, 5) is 24.3. The predicted molar refractivity (Wildman–Crippen MR) is 79.4 cm³/mol. The molecule has 0 amide bonds. The van der Waals surface area contributed by atoms with Gasteiger partial charge in [-0.15, -0.1) is 0 Å². The van der Waals surface area contributed by atoms with Crippen LogP contribution in [0.5, 0.6) is 0 Å². The monoisotopic (exact) mass is 310 g/mol. The van der Waals surface area contributed by atoms with Gasteiger partial charge in [0.25, 0.3) is 0 Å². The Morgan fingerprint density at radius 3 is 2.48 bits per heavy atom. The first kappa shape index (κ1) is 15.8. The quantitative estimate of drug-likeness (QED) is 0.871. The average Bonchev–Trinajstić information content (AvgIpc) is 2.61. The Morgan fingerprint density at radius 2 is 2.05 bits per heavy atom. The van der Waals surface area contributed by atoms with E-state index in [2.05, 4.69) is 5.10 Å². The van der Waals surface area contributed by atoms with Crippen molar-refractivity contribution in [1.82, 2.24) is 9.78 Å². The van der Waals surface area contributed by atoms with Gasteiger partial charge in [-0.1, -0.05) is 25.4 Å². The average molecular weight is 311 g/mol. The summed E-state index contributed by atoms with van der Waals surface area (Å²) in [5.74, 6) is -1.30. The number of ketones is 2. The van der Waals surface area contributed by atoms with Crippen molar-refractivity contribution in [3.05, 3.63) is 27.7 Å². The third-order valence-corrected chi connectivity index (χ3v) is 4.26. The molecule has 1 aliphatic carbocycles. The van der Waals surface area contributed by atoms with Crippen LogP contribution in [-0.4, -0.2) is 26.5 Å². The number of aryl methyl sites for hydroxylation is 2. The standard InChI is InChI=1S/C15H19ClN2O3/c1-7(2)14(21)13-10(19)5-9(6-11(13)20)12-8(3)17-18(4)15(12)16/h7,9,19H,5-6H2,1-4H3. The molecule has 0 spiro atoms. The first-order valence-electron chi connectivity index (χ1n) is 6.92. The number of aliphatic hydroxyl groups excluding tert-OH is 1. The summed E-state index contributed by atoms with van der Waals surface area (Å²) in [7, 11) is 1.73. The van der Waals surface area contributed by atoms with E-state index in [0.29, 0.717) is 5.15 Å². The molecule has 1 N–H and O–H groups in total. The molecule has 2 rings (SSSR count). The minimum absolute atomic E-state index is 0.0427. The number of carbonyl (C=O) groups is 2. The zero-order valence-electron chi connectivity index (χ0n) is 12.6. The molecule has 5 nitrogen and oxygen atoms in total. The summed E-state index contributed by atoms with van der Waals surface area (Å²) in [6.07, 6.45) is 0.413. The Kier molecular flexibility index (Phi) is 4.23. The van der Waals surface area contributed by atoms with Crippen molar-refractivity contribution >= 4 is 23.2 Å². The third kappa shape index (κ3) is 2.75. The zero-order valence-corrected chi connectivity index (χ0v) is 13.4. The van der Waals surface area contributed by atoms with E-state index >= 15 is 0 Å². The number of aromatic nitrogens is 2. The predicted octanol–water partition coefficient (Wildman–Crippen LogP) is 2.87. The molecule has 114 valence electrons. The number of nitrogens with zero attached hydrogens (tertiary/aromatic N) is 2. The van der Waals surface area contributed by atoms with E-state index in [4.69, 9.17) is 11.6 Å². The molecule has 0 fully saturated rings. The van der Waals surface area contributed by atoms with E-state index in [-0.39, 0.29) is 47.6 Å². The van der Waals surface area contributed by atoms with Gasteiger partial charge in [-0.25, -0.2) is 0 Å². The number of halogens is 1. The van der Waals surface area contributed by atoms with Gasteiger partial charge in [-0.3, -0.25) is 14.3 Å². The van der Waals surface area contributed by atoms with Crippen LogP contribution in [0.3, 0.4) is 0 Å². The Labute approximate surface area is 128 Å². The van der Waals surface area contributed by atoms with Crippen LogP contribution in [0.4, 0.5) is 0 Å². The number of hydrogen-bond donors (Lipinski definition) is 1. The molecular formula is C15H19ClN2O3. The van der Waals surface area contributed by atoms with E-state index in [1.54, 1.807) is 25.6 Å². The Morgan fingerprint density at radius 1 is 1.43 bits per heavy atom. The highest BCUT2D eigenvalue weighted by atomic mass is 35.5. The number of rotatable bonds is 3. The lowest BCUT2D eigenvalue weighted by Gasteiger charge is -2.23. The van der Waals surface area contributed by atoms with Gasteiger partial charge in [0.15, 0.2) is 11.6 Å². The van der Waals surface area contributed by atoms with Crippen LogP contribution >= 0.6 is 11.6 Å². The van der Waals surface area contributed by atoms with Gasteiger partial charge in [-0.2, -0.15) is 5.10 Å². The molecule has 0 saturated heterocycles. The molecular weight excluding hydrogens is 292 g/mol. The molecule has 1 heterocycles. The summed E-state index contributed by atoms with van der Waals surface area (Å²) in [5.41, 5.74) is 1.47. The second-order valence-corrected chi connectivity index (χ2v) is 6.14. The van der Waals surface area contributed by atoms with Crippen molar-refractivity contribution in [2.75, 3.05) is 0 Å². The first-order valence-corrected chi connectivity index (χ1v) is 7.30. The Balaban J connectivity index is 2.39. The Hall–Kier alpha value is -1.62. The lowest BCUT2D eigenvalue weighted by atomic mass is 9.80. The van der Waals surface area contributed by atoms with Gasteiger partial charge in [0.1, 0.15) is 10.9 Å². The fourth-order valence-corrected chi connectivity index (χ4v) is 3.11. The van der Waals surface area contributed by atoms with Crippen LogP contribution in [-0.2, 0) is 16.6 Å². The van der Waals surface area contributed by atoms with Crippen molar-refractivity contribution < 1.29 is 14.7 Å². The van der Waals surface area contributed by atoms with Crippen molar-refractivity contribution in [1.29, 1.82) is 0 Å². The van der Waals surface area contributed by atoms with Crippen LogP contribution in [0.15, 0.2) is 11.3 Å². The van der Waals surface area contributed by atoms with Crippen molar-refractivity contribution in [2.24, 2.45) is 13.0 Å². The molecule has 1 aromatic heterocycles. The molecule has 1 aromatic rings. The second-order valence-electron chi connectivity index (χ2n) is 5.78. The van der Waals surface area contributed by atoms with Gasteiger partial charge in [-0.05, 0) is 6.92 Å². The zero-order chi connectivity index (χ0) is 15.9. The van der Waals surface area contributed by atoms with Gasteiger partial charge in [0, 0.05) is 37.3 Å². The molecule has 0 aromatic carbocycles. The molecule has 0 radical (unpaired) electrons. The largest absolute Gasteiger partial charge is 0.511 e. The lowest BCUT2D eigenvalue weighted by Crippen LogP contribution is -2.26. The number of hydrogen-bond acceptors (Lipinski definition) is 4. The summed E-state index contributed by atoms with van der Waals surface area (Å²) in [6.45, 7) is 5.25. The summed E-state index contributed by atoms with van der Waals surface area (Å²) in [6, 6.07) is 0. The highest BCUT2D eigenvalue weighted by Crippen LogP contribution is 2.38.